The van der Waals surface area contributed by atoms with Crippen molar-refractivity contribution in [1.82, 2.24) is 5.32 Å². The van der Waals surface area contributed by atoms with Crippen LogP contribution < -0.4 is 10.6 Å². The summed E-state index contributed by atoms with van der Waals surface area (Å²) >= 11 is 0. The molecule has 0 aromatic heterocycles. The highest BCUT2D eigenvalue weighted by Crippen LogP contribution is 2.35. The second kappa shape index (κ2) is 4.43. The van der Waals surface area contributed by atoms with Gasteiger partial charge in [-0.3, -0.25) is 4.79 Å². The van der Waals surface area contributed by atoms with E-state index in [9.17, 15) is 4.79 Å². The number of hydrogen-bond acceptors (Lipinski definition) is 2. The maximum atomic E-state index is 12.1. The van der Waals surface area contributed by atoms with Crippen LogP contribution in [-0.2, 0) is 4.79 Å². The average Bonchev–Trinajstić information content (AvgIpc) is 2.74. The van der Waals surface area contributed by atoms with Crippen molar-refractivity contribution in [3.63, 3.8) is 0 Å². The molecule has 19 heavy (non-hydrogen) atoms. The molecular weight excluding hydrogens is 236 g/mol. The Bertz CT molecular complexity index is 636. The third kappa shape index (κ3) is 1.97. The molecule has 0 fully saturated rings. The summed E-state index contributed by atoms with van der Waals surface area (Å²) in [7, 11) is 0. The van der Waals surface area contributed by atoms with Gasteiger partial charge in [-0.1, -0.05) is 32.1 Å². The van der Waals surface area contributed by atoms with Gasteiger partial charge in [0.1, 0.15) is 0 Å². The molecule has 0 unspecified atom stereocenters. The van der Waals surface area contributed by atoms with Crippen molar-refractivity contribution >= 4 is 17.2 Å². The van der Waals surface area contributed by atoms with Crippen LogP contribution >= 0.6 is 0 Å². The molecule has 0 saturated heterocycles. The van der Waals surface area contributed by atoms with Crippen LogP contribution in [0.1, 0.15) is 30.9 Å². The zero-order chi connectivity index (χ0) is 13.4. The Morgan fingerprint density at radius 1 is 1.16 bits per heavy atom. The highest BCUT2D eigenvalue weighted by atomic mass is 16.2. The molecule has 96 valence electrons. The van der Waals surface area contributed by atoms with Crippen LogP contribution in [0, 0.1) is 0 Å². The van der Waals surface area contributed by atoms with Crippen LogP contribution in [0.5, 0.6) is 0 Å². The Morgan fingerprint density at radius 2 is 2.00 bits per heavy atom. The average molecular weight is 252 g/mol. The summed E-state index contributed by atoms with van der Waals surface area (Å²) in [6, 6.07) is 6.18. The molecule has 2 heterocycles. The summed E-state index contributed by atoms with van der Waals surface area (Å²) in [5.74, 6) is 0.410. The van der Waals surface area contributed by atoms with E-state index in [2.05, 4.69) is 36.6 Å². The monoisotopic (exact) mass is 252 g/mol. The summed E-state index contributed by atoms with van der Waals surface area (Å²) in [5.41, 5.74) is 4.67. The molecule has 0 bridgehead atoms. The van der Waals surface area contributed by atoms with E-state index in [1.54, 1.807) is 0 Å². The van der Waals surface area contributed by atoms with Crippen LogP contribution in [0.3, 0.4) is 0 Å². The molecule has 3 heteroatoms. The lowest BCUT2D eigenvalue weighted by Gasteiger charge is -2.10. The normalized spacial score (nSPS) is 20.5. The number of dihydropyridines is 1. The molecule has 0 spiro atoms. The number of benzene rings is 1. The fourth-order valence-electron chi connectivity index (χ4n) is 2.37. The quantitative estimate of drug-likeness (QED) is 0.754. The molecule has 2 aliphatic heterocycles. The van der Waals surface area contributed by atoms with Crippen molar-refractivity contribution in [3.05, 3.63) is 59.5 Å². The topological polar surface area (TPSA) is 41.1 Å². The van der Waals surface area contributed by atoms with E-state index in [1.807, 2.05) is 30.5 Å². The van der Waals surface area contributed by atoms with Gasteiger partial charge in [-0.25, -0.2) is 0 Å². The van der Waals surface area contributed by atoms with Gasteiger partial charge in [-0.2, -0.15) is 0 Å². The van der Waals surface area contributed by atoms with Crippen molar-refractivity contribution < 1.29 is 4.79 Å². The zero-order valence-corrected chi connectivity index (χ0v) is 11.0. The molecule has 3 nitrogen and oxygen atoms in total. The Morgan fingerprint density at radius 3 is 2.68 bits per heavy atom. The lowest BCUT2D eigenvalue weighted by Crippen LogP contribution is -2.13. The first-order valence-corrected chi connectivity index (χ1v) is 6.46. The molecule has 0 radical (unpaired) electrons. The summed E-state index contributed by atoms with van der Waals surface area (Å²) in [6.45, 7) is 4.29. The number of allylic oxidation sites excluding steroid dienone is 3. The van der Waals surface area contributed by atoms with E-state index in [4.69, 9.17) is 0 Å². The maximum Gasteiger partial charge on any atom is 0.258 e. The molecule has 3 rings (SSSR count). The largest absolute Gasteiger partial charge is 0.361 e. The van der Waals surface area contributed by atoms with E-state index < -0.39 is 0 Å². The lowest BCUT2D eigenvalue weighted by molar-refractivity contribution is -0.110. The van der Waals surface area contributed by atoms with Crippen molar-refractivity contribution in [3.8, 4) is 0 Å². The first kappa shape index (κ1) is 11.8. The number of hydrogen-bond donors (Lipinski definition) is 2. The molecule has 2 aliphatic rings. The third-order valence-corrected chi connectivity index (χ3v) is 3.43. The van der Waals surface area contributed by atoms with E-state index >= 15 is 0 Å². The molecular formula is C16H16N2O. The highest BCUT2D eigenvalue weighted by Gasteiger charge is 2.27. The van der Waals surface area contributed by atoms with Gasteiger partial charge >= 0.3 is 0 Å². The van der Waals surface area contributed by atoms with E-state index in [1.165, 1.54) is 5.56 Å². The first-order valence-electron chi connectivity index (χ1n) is 6.46. The maximum absolute atomic E-state index is 12.1. The number of anilines is 1. The van der Waals surface area contributed by atoms with Gasteiger partial charge in [-0.05, 0) is 29.7 Å². The third-order valence-electron chi connectivity index (χ3n) is 3.43. The van der Waals surface area contributed by atoms with Crippen molar-refractivity contribution in [1.29, 1.82) is 0 Å². The number of amides is 1. The van der Waals surface area contributed by atoms with Gasteiger partial charge in [0.2, 0.25) is 0 Å². The fourth-order valence-corrected chi connectivity index (χ4v) is 2.37. The lowest BCUT2D eigenvalue weighted by atomic mass is 9.98. The first-order chi connectivity index (χ1) is 9.16. The minimum Gasteiger partial charge on any atom is -0.361 e. The van der Waals surface area contributed by atoms with E-state index in [0.717, 1.165) is 16.9 Å². The molecule has 1 aromatic rings. The van der Waals surface area contributed by atoms with Crippen LogP contribution in [0.4, 0.5) is 5.69 Å². The van der Waals surface area contributed by atoms with E-state index in [0.29, 0.717) is 11.5 Å². The second-order valence-electron chi connectivity index (χ2n) is 5.07. The van der Waals surface area contributed by atoms with Gasteiger partial charge in [0.05, 0.1) is 11.3 Å². The highest BCUT2D eigenvalue weighted by molar-refractivity contribution is 6.32. The Hall–Kier alpha value is -2.29. The van der Waals surface area contributed by atoms with Gasteiger partial charge in [0.25, 0.3) is 5.91 Å². The molecule has 0 saturated carbocycles. The molecule has 0 atom stereocenters. The van der Waals surface area contributed by atoms with Gasteiger partial charge < -0.3 is 10.6 Å². The molecule has 2 N–H and O–H groups in total. The number of fused-ring (bicyclic) bond motifs is 1. The fraction of sp³-hybridized carbons (Fsp3) is 0.188. The van der Waals surface area contributed by atoms with Crippen LogP contribution in [-0.4, -0.2) is 5.91 Å². The minimum atomic E-state index is -0.0432. The summed E-state index contributed by atoms with van der Waals surface area (Å²) in [5, 5.41) is 6.07. The van der Waals surface area contributed by atoms with Gasteiger partial charge in [-0.15, -0.1) is 0 Å². The van der Waals surface area contributed by atoms with Crippen molar-refractivity contribution in [2.45, 2.75) is 19.8 Å². The second-order valence-corrected chi connectivity index (χ2v) is 5.07. The number of carbonyl (C=O) groups is 1. The predicted octanol–water partition coefficient (Wildman–Crippen LogP) is 3.15. The Kier molecular flexibility index (Phi) is 2.75. The Balaban J connectivity index is 2.11. The zero-order valence-electron chi connectivity index (χ0n) is 11.0. The van der Waals surface area contributed by atoms with Crippen LogP contribution in [0.15, 0.2) is 48.3 Å². The summed E-state index contributed by atoms with van der Waals surface area (Å²) in [6.07, 6.45) is 7.57. The van der Waals surface area contributed by atoms with Crippen molar-refractivity contribution in [2.24, 2.45) is 0 Å². The SMILES string of the molecule is CC(C)c1ccc2c(c1)NC(=O)/C2=C1/C=CC=CN1. The number of carbonyl (C=O) groups excluding carboxylic acids is 1. The molecule has 1 amide bonds. The van der Waals surface area contributed by atoms with Gasteiger partial charge in [0.15, 0.2) is 0 Å². The van der Waals surface area contributed by atoms with Crippen LogP contribution in [0.25, 0.3) is 5.57 Å². The smallest absolute Gasteiger partial charge is 0.258 e. The standard InChI is InChI=1S/C16H16N2O/c1-10(2)11-6-7-12-14(9-11)18-16(19)15(12)13-5-3-4-8-17-13/h3-10,17H,1-2H3,(H,18,19)/b15-13-. The number of nitrogens with one attached hydrogen (secondary N) is 2. The number of rotatable bonds is 1. The molecule has 1 aromatic carbocycles. The van der Waals surface area contributed by atoms with E-state index in [-0.39, 0.29) is 5.91 Å². The van der Waals surface area contributed by atoms with Crippen molar-refractivity contribution in [2.75, 3.05) is 5.32 Å². The Labute approximate surface area is 112 Å². The van der Waals surface area contributed by atoms with Crippen LogP contribution in [0.2, 0.25) is 0 Å². The van der Waals surface area contributed by atoms with Gasteiger partial charge in [0, 0.05) is 17.5 Å². The minimum absolute atomic E-state index is 0.0432. The predicted molar refractivity (Wildman–Crippen MR) is 77.5 cm³/mol. The summed E-state index contributed by atoms with van der Waals surface area (Å²) in [4.78, 5) is 12.1. The summed E-state index contributed by atoms with van der Waals surface area (Å²) < 4.78 is 0. The molecule has 0 aliphatic carbocycles.